The highest BCUT2D eigenvalue weighted by Crippen LogP contribution is 2.32. The van der Waals surface area contributed by atoms with Gasteiger partial charge in [-0.15, -0.1) is 0 Å². The Hall–Kier alpha value is -0.980. The van der Waals surface area contributed by atoms with E-state index < -0.39 is 0 Å². The predicted octanol–water partition coefficient (Wildman–Crippen LogP) is 6.51. The van der Waals surface area contributed by atoms with Crippen LogP contribution in [-0.4, -0.2) is 6.54 Å². The Morgan fingerprint density at radius 1 is 0.857 bits per heavy atom. The lowest BCUT2D eigenvalue weighted by Crippen LogP contribution is -2.05. The van der Waals surface area contributed by atoms with Gasteiger partial charge in [-0.1, -0.05) is 70.4 Å². The largest absolute Gasteiger partial charge is 0.385 e. The molecular weight excluding hydrogens is 254 g/mol. The molecule has 0 heterocycles. The van der Waals surface area contributed by atoms with Crippen LogP contribution >= 0.6 is 0 Å². The Morgan fingerprint density at radius 2 is 1.52 bits per heavy atom. The lowest BCUT2D eigenvalue weighted by atomic mass is 9.84. The number of rotatable bonds is 9. The van der Waals surface area contributed by atoms with Gasteiger partial charge in [0.15, 0.2) is 0 Å². The van der Waals surface area contributed by atoms with Crippen LogP contribution in [0.5, 0.6) is 0 Å². The molecular formula is C20H33N. The van der Waals surface area contributed by atoms with Crippen molar-refractivity contribution in [2.24, 2.45) is 0 Å². The molecule has 2 rings (SSSR count). The maximum Gasteiger partial charge on any atom is 0.0340 e. The van der Waals surface area contributed by atoms with Crippen molar-refractivity contribution in [3.63, 3.8) is 0 Å². The minimum atomic E-state index is 0.825. The lowest BCUT2D eigenvalue weighted by Gasteiger charge is -2.22. The summed E-state index contributed by atoms with van der Waals surface area (Å²) in [5.74, 6) is 0.825. The average Bonchev–Trinajstić information content (AvgIpc) is 2.55. The predicted molar refractivity (Wildman–Crippen MR) is 94.1 cm³/mol. The zero-order valence-corrected chi connectivity index (χ0v) is 13.9. The van der Waals surface area contributed by atoms with Crippen molar-refractivity contribution in [2.75, 3.05) is 11.9 Å². The molecule has 118 valence electrons. The van der Waals surface area contributed by atoms with Crippen molar-refractivity contribution in [1.82, 2.24) is 0 Å². The summed E-state index contributed by atoms with van der Waals surface area (Å²) in [7, 11) is 0. The Morgan fingerprint density at radius 3 is 2.24 bits per heavy atom. The van der Waals surface area contributed by atoms with E-state index in [1.54, 1.807) is 5.56 Å². The number of hydrogen-bond acceptors (Lipinski definition) is 1. The zero-order chi connectivity index (χ0) is 14.8. The quantitative estimate of drug-likeness (QED) is 0.511. The van der Waals surface area contributed by atoms with E-state index in [1.807, 2.05) is 0 Å². The molecule has 1 nitrogen and oxygen atoms in total. The van der Waals surface area contributed by atoms with E-state index in [2.05, 4.69) is 36.5 Å². The van der Waals surface area contributed by atoms with Crippen LogP contribution in [0.3, 0.4) is 0 Å². The lowest BCUT2D eigenvalue weighted by molar-refractivity contribution is 0.443. The van der Waals surface area contributed by atoms with E-state index in [4.69, 9.17) is 0 Å². The summed E-state index contributed by atoms with van der Waals surface area (Å²) >= 11 is 0. The number of anilines is 1. The van der Waals surface area contributed by atoms with Gasteiger partial charge in [0.1, 0.15) is 0 Å². The molecule has 0 aliphatic heterocycles. The highest BCUT2D eigenvalue weighted by Gasteiger charge is 2.14. The molecule has 0 amide bonds. The average molecular weight is 287 g/mol. The Bertz CT molecular complexity index is 362. The second-order valence-corrected chi connectivity index (χ2v) is 6.65. The smallest absolute Gasteiger partial charge is 0.0340 e. The number of benzene rings is 1. The highest BCUT2D eigenvalue weighted by molar-refractivity contribution is 5.45. The van der Waals surface area contributed by atoms with Gasteiger partial charge < -0.3 is 5.32 Å². The molecule has 0 aromatic heterocycles. The summed E-state index contributed by atoms with van der Waals surface area (Å²) in [6, 6.07) is 9.25. The van der Waals surface area contributed by atoms with Crippen molar-refractivity contribution in [3.05, 3.63) is 29.8 Å². The molecule has 1 fully saturated rings. The van der Waals surface area contributed by atoms with Crippen molar-refractivity contribution in [2.45, 2.75) is 83.5 Å². The fourth-order valence-corrected chi connectivity index (χ4v) is 3.45. The van der Waals surface area contributed by atoms with Crippen LogP contribution in [-0.2, 0) is 0 Å². The first-order valence-corrected chi connectivity index (χ1v) is 9.24. The number of unbranched alkanes of at least 4 members (excludes halogenated alkanes) is 5. The van der Waals surface area contributed by atoms with Crippen LogP contribution in [0.25, 0.3) is 0 Å². The van der Waals surface area contributed by atoms with Crippen LogP contribution in [0.2, 0.25) is 0 Å². The van der Waals surface area contributed by atoms with E-state index in [9.17, 15) is 0 Å². The highest BCUT2D eigenvalue weighted by atomic mass is 14.9. The molecule has 21 heavy (non-hydrogen) atoms. The summed E-state index contributed by atoms with van der Waals surface area (Å²) in [6.45, 7) is 3.40. The number of hydrogen-bond donors (Lipinski definition) is 1. The van der Waals surface area contributed by atoms with Crippen molar-refractivity contribution >= 4 is 5.69 Å². The third kappa shape index (κ3) is 6.11. The molecule has 1 aromatic rings. The second-order valence-electron chi connectivity index (χ2n) is 6.65. The summed E-state index contributed by atoms with van der Waals surface area (Å²) in [5, 5.41) is 3.57. The van der Waals surface area contributed by atoms with E-state index in [-0.39, 0.29) is 0 Å². The van der Waals surface area contributed by atoms with Gasteiger partial charge in [0.2, 0.25) is 0 Å². The van der Waals surface area contributed by atoms with Gasteiger partial charge >= 0.3 is 0 Å². The van der Waals surface area contributed by atoms with Crippen molar-refractivity contribution in [1.29, 1.82) is 0 Å². The van der Waals surface area contributed by atoms with Gasteiger partial charge in [-0.25, -0.2) is 0 Å². The van der Waals surface area contributed by atoms with Gasteiger partial charge in [0.05, 0.1) is 0 Å². The molecule has 0 unspecified atom stereocenters. The fourth-order valence-electron chi connectivity index (χ4n) is 3.45. The van der Waals surface area contributed by atoms with Gasteiger partial charge in [-0.2, -0.15) is 0 Å². The van der Waals surface area contributed by atoms with Gasteiger partial charge in [-0.3, -0.25) is 0 Å². The standard InChI is InChI=1S/C20H33N/c1-2-3-4-5-6-10-17-21-20-15-13-19(14-16-20)18-11-8-7-9-12-18/h13-16,18,21H,2-12,17H2,1H3. The molecule has 1 aliphatic rings. The van der Waals surface area contributed by atoms with E-state index in [0.717, 1.165) is 12.5 Å². The maximum absolute atomic E-state index is 3.57. The Labute approximate surface area is 131 Å². The minimum Gasteiger partial charge on any atom is -0.385 e. The summed E-state index contributed by atoms with van der Waals surface area (Å²) in [4.78, 5) is 0. The van der Waals surface area contributed by atoms with Crippen LogP contribution in [0.1, 0.15) is 89.0 Å². The molecule has 0 saturated heterocycles. The first kappa shape index (κ1) is 16.4. The zero-order valence-electron chi connectivity index (χ0n) is 13.9. The first-order chi connectivity index (χ1) is 10.4. The fraction of sp³-hybridized carbons (Fsp3) is 0.700. The molecule has 1 aromatic carbocycles. The Kier molecular flexibility index (Phi) is 7.70. The summed E-state index contributed by atoms with van der Waals surface area (Å²) < 4.78 is 0. The van der Waals surface area contributed by atoms with Crippen LogP contribution in [0.4, 0.5) is 5.69 Å². The Balaban J connectivity index is 1.63. The van der Waals surface area contributed by atoms with Crippen LogP contribution in [0.15, 0.2) is 24.3 Å². The molecule has 1 saturated carbocycles. The third-order valence-electron chi connectivity index (χ3n) is 4.85. The van der Waals surface area contributed by atoms with E-state index in [0.29, 0.717) is 0 Å². The maximum atomic E-state index is 3.57. The summed E-state index contributed by atoms with van der Waals surface area (Å²) in [6.07, 6.45) is 15.3. The van der Waals surface area contributed by atoms with Gasteiger partial charge in [-0.05, 0) is 42.9 Å². The monoisotopic (exact) mass is 287 g/mol. The van der Waals surface area contributed by atoms with Crippen LogP contribution in [0, 0.1) is 0 Å². The molecule has 0 spiro atoms. The van der Waals surface area contributed by atoms with Crippen molar-refractivity contribution in [3.8, 4) is 0 Å². The SMILES string of the molecule is CCCCCCCCNc1ccc(C2CCCCC2)cc1. The minimum absolute atomic E-state index is 0.825. The normalized spacial score (nSPS) is 16.0. The first-order valence-electron chi connectivity index (χ1n) is 9.24. The molecule has 0 radical (unpaired) electrons. The molecule has 1 N–H and O–H groups in total. The molecule has 0 atom stereocenters. The third-order valence-corrected chi connectivity index (χ3v) is 4.85. The molecule has 1 heteroatoms. The van der Waals surface area contributed by atoms with E-state index in [1.165, 1.54) is 76.3 Å². The van der Waals surface area contributed by atoms with Gasteiger partial charge in [0, 0.05) is 12.2 Å². The van der Waals surface area contributed by atoms with Gasteiger partial charge in [0.25, 0.3) is 0 Å². The molecule has 1 aliphatic carbocycles. The molecule has 0 bridgehead atoms. The topological polar surface area (TPSA) is 12.0 Å². The number of nitrogens with one attached hydrogen (secondary N) is 1. The van der Waals surface area contributed by atoms with Crippen molar-refractivity contribution < 1.29 is 0 Å². The van der Waals surface area contributed by atoms with E-state index >= 15 is 0 Å². The van der Waals surface area contributed by atoms with Crippen LogP contribution < -0.4 is 5.32 Å². The second kappa shape index (κ2) is 9.87. The summed E-state index contributed by atoms with van der Waals surface area (Å²) in [5.41, 5.74) is 2.85.